The molecule has 3 N–H and O–H groups in total. The normalized spacial score (nSPS) is 11.3. The lowest BCUT2D eigenvalue weighted by Gasteiger charge is -2.23. The minimum atomic E-state index is -3.84. The number of anilines is 1. The summed E-state index contributed by atoms with van der Waals surface area (Å²) in [6.07, 6.45) is -0.385. The summed E-state index contributed by atoms with van der Waals surface area (Å²) in [5, 5.41) is 9.56. The molecule has 11 nitrogen and oxygen atoms in total. The molecule has 1 aromatic heterocycles. The molecule has 1 amide bonds. The number of carbonyl (C=O) groups is 2. The number of fused-ring (bicyclic) bond motifs is 1. The predicted molar refractivity (Wildman–Crippen MR) is 139 cm³/mol. The van der Waals surface area contributed by atoms with Crippen LogP contribution in [0.5, 0.6) is 17.2 Å². The first kappa shape index (κ1) is 27.4. The molecule has 39 heavy (non-hydrogen) atoms. The van der Waals surface area contributed by atoms with E-state index in [4.69, 9.17) is 19.6 Å². The maximum absolute atomic E-state index is 14.0. The van der Waals surface area contributed by atoms with Crippen LogP contribution in [0.1, 0.15) is 10.4 Å². The van der Waals surface area contributed by atoms with Crippen LogP contribution in [-0.4, -0.2) is 52.1 Å². The number of amides is 1. The van der Waals surface area contributed by atoms with Gasteiger partial charge in [0.1, 0.15) is 28.4 Å². The Kier molecular flexibility index (Phi) is 7.74. The number of esters is 1. The molecular formula is C26H23FN2O9S. The van der Waals surface area contributed by atoms with Crippen LogP contribution in [0.4, 0.5) is 14.9 Å². The van der Waals surface area contributed by atoms with Crippen molar-refractivity contribution in [1.29, 1.82) is 0 Å². The molecule has 3 aromatic carbocycles. The van der Waals surface area contributed by atoms with Crippen LogP contribution in [0.15, 0.2) is 65.1 Å². The van der Waals surface area contributed by atoms with E-state index in [9.17, 15) is 27.5 Å². The van der Waals surface area contributed by atoms with Crippen LogP contribution in [0.2, 0.25) is 0 Å². The molecular weight excluding hydrogens is 535 g/mol. The molecule has 4 aromatic rings. The van der Waals surface area contributed by atoms with Gasteiger partial charge in [-0.05, 0) is 42.5 Å². The van der Waals surface area contributed by atoms with Crippen molar-refractivity contribution in [2.45, 2.75) is 0 Å². The minimum Gasteiger partial charge on any atom is -0.495 e. The van der Waals surface area contributed by atoms with Crippen LogP contribution in [-0.2, 0) is 14.8 Å². The van der Waals surface area contributed by atoms with E-state index in [0.717, 1.165) is 10.6 Å². The zero-order valence-electron chi connectivity index (χ0n) is 20.7. The third kappa shape index (κ3) is 5.78. The first-order chi connectivity index (χ1) is 18.5. The lowest BCUT2D eigenvalue weighted by atomic mass is 10.0. The number of nitrogens with two attached hydrogens (primary N) is 1. The standard InChI is InChI=1S/C26H23FN2O9S/c1-35-22-13-17-21(14-19(22)29(11-12-30)39(2,33)34)37-24(23(17)25(31)38-26(28)32)15-7-9-16(10-8-15)36-20-6-4-3-5-18(20)27/h3-10,13-14,30H,11-12H2,1-2H3,(H2,28,32). The summed E-state index contributed by atoms with van der Waals surface area (Å²) in [5.74, 6) is -1.36. The Balaban J connectivity index is 1.86. The van der Waals surface area contributed by atoms with Gasteiger partial charge in [0.25, 0.3) is 0 Å². The van der Waals surface area contributed by atoms with Crippen LogP contribution < -0.4 is 19.5 Å². The van der Waals surface area contributed by atoms with Gasteiger partial charge in [0.2, 0.25) is 10.0 Å². The van der Waals surface area contributed by atoms with Crippen LogP contribution >= 0.6 is 0 Å². The number of para-hydroxylation sites is 1. The quantitative estimate of drug-likeness (QED) is 0.228. The summed E-state index contributed by atoms with van der Waals surface area (Å²) < 4.78 is 61.2. The molecule has 1 heterocycles. The lowest BCUT2D eigenvalue weighted by molar-refractivity contribution is 0.0640. The monoisotopic (exact) mass is 558 g/mol. The fourth-order valence-electron chi connectivity index (χ4n) is 3.90. The van der Waals surface area contributed by atoms with E-state index in [1.807, 2.05) is 0 Å². The SMILES string of the molecule is COc1cc2c(C(=O)OC(N)=O)c(-c3ccc(Oc4ccccc4F)cc3)oc2cc1N(CCO)S(C)(=O)=O. The van der Waals surface area contributed by atoms with Crippen molar-refractivity contribution in [3.05, 3.63) is 72.0 Å². The minimum absolute atomic E-state index is 0.0117. The Morgan fingerprint density at radius 3 is 2.36 bits per heavy atom. The topological polar surface area (TPSA) is 159 Å². The number of primary amides is 1. The molecule has 13 heteroatoms. The zero-order chi connectivity index (χ0) is 28.3. The van der Waals surface area contributed by atoms with Gasteiger partial charge in [-0.25, -0.2) is 22.4 Å². The van der Waals surface area contributed by atoms with Crippen LogP contribution in [0.3, 0.4) is 0 Å². The number of methoxy groups -OCH3 is 1. The van der Waals surface area contributed by atoms with Crippen molar-refractivity contribution in [1.82, 2.24) is 0 Å². The summed E-state index contributed by atoms with van der Waals surface area (Å²) in [6, 6.07) is 14.6. The highest BCUT2D eigenvalue weighted by Crippen LogP contribution is 2.41. The predicted octanol–water partition coefficient (Wildman–Crippen LogP) is 4.03. The number of nitrogens with zero attached hydrogens (tertiary/aromatic N) is 1. The molecule has 0 bridgehead atoms. The number of aliphatic hydroxyl groups excluding tert-OH is 1. The van der Waals surface area contributed by atoms with Gasteiger partial charge in [-0.15, -0.1) is 0 Å². The highest BCUT2D eigenvalue weighted by molar-refractivity contribution is 7.92. The number of hydrogen-bond acceptors (Lipinski definition) is 9. The van der Waals surface area contributed by atoms with E-state index < -0.39 is 34.5 Å². The summed E-state index contributed by atoms with van der Waals surface area (Å²) in [5.41, 5.74) is 5.33. The molecule has 0 aliphatic rings. The van der Waals surface area contributed by atoms with E-state index in [0.29, 0.717) is 5.56 Å². The molecule has 0 atom stereocenters. The number of benzene rings is 3. The van der Waals surface area contributed by atoms with E-state index >= 15 is 0 Å². The van der Waals surface area contributed by atoms with Gasteiger partial charge in [0.05, 0.1) is 32.2 Å². The third-order valence-corrected chi connectivity index (χ3v) is 6.72. The van der Waals surface area contributed by atoms with Crippen molar-refractivity contribution >= 4 is 38.7 Å². The molecule has 204 valence electrons. The molecule has 0 aliphatic heterocycles. The number of carbonyl (C=O) groups excluding carboxylic acids is 2. The summed E-state index contributed by atoms with van der Waals surface area (Å²) in [6.45, 7) is -0.747. The number of furan rings is 1. The van der Waals surface area contributed by atoms with Gasteiger partial charge in [-0.1, -0.05) is 12.1 Å². The van der Waals surface area contributed by atoms with E-state index in [1.165, 1.54) is 61.7 Å². The van der Waals surface area contributed by atoms with E-state index in [2.05, 4.69) is 4.74 Å². The Morgan fingerprint density at radius 1 is 1.08 bits per heavy atom. The molecule has 0 fully saturated rings. The van der Waals surface area contributed by atoms with Gasteiger partial charge in [-0.2, -0.15) is 0 Å². The van der Waals surface area contributed by atoms with Crippen molar-refractivity contribution in [3.8, 4) is 28.6 Å². The Labute approximate surface area is 222 Å². The molecule has 4 rings (SSSR count). The molecule has 0 saturated heterocycles. The van der Waals surface area contributed by atoms with Crippen LogP contribution in [0, 0.1) is 5.82 Å². The second-order valence-electron chi connectivity index (χ2n) is 8.15. The molecule has 0 aliphatic carbocycles. The first-order valence-electron chi connectivity index (χ1n) is 11.3. The molecule has 0 unspecified atom stereocenters. The number of sulfonamides is 1. The number of aliphatic hydroxyl groups is 1. The van der Waals surface area contributed by atoms with Gasteiger partial charge < -0.3 is 29.5 Å². The van der Waals surface area contributed by atoms with Gasteiger partial charge in [-0.3, -0.25) is 4.31 Å². The maximum atomic E-state index is 14.0. The highest BCUT2D eigenvalue weighted by atomic mass is 32.2. The van der Waals surface area contributed by atoms with Crippen LogP contribution in [0.25, 0.3) is 22.3 Å². The van der Waals surface area contributed by atoms with Gasteiger partial charge >= 0.3 is 12.1 Å². The first-order valence-corrected chi connectivity index (χ1v) is 13.2. The van der Waals surface area contributed by atoms with Crippen molar-refractivity contribution in [2.75, 3.05) is 30.8 Å². The summed E-state index contributed by atoms with van der Waals surface area (Å²) >= 11 is 0. The largest absolute Gasteiger partial charge is 0.495 e. The fraction of sp³-hybridized carbons (Fsp3) is 0.154. The summed E-state index contributed by atoms with van der Waals surface area (Å²) in [4.78, 5) is 24.3. The molecule has 0 spiro atoms. The average Bonchev–Trinajstić information content (AvgIpc) is 3.25. The number of ether oxygens (including phenoxy) is 3. The zero-order valence-corrected chi connectivity index (χ0v) is 21.5. The van der Waals surface area contributed by atoms with Gasteiger partial charge in [0, 0.05) is 17.0 Å². The molecule has 0 saturated carbocycles. The molecule has 0 radical (unpaired) electrons. The Bertz CT molecular complexity index is 1650. The second-order valence-corrected chi connectivity index (χ2v) is 10.1. The Morgan fingerprint density at radius 2 is 1.77 bits per heavy atom. The highest BCUT2D eigenvalue weighted by Gasteiger charge is 2.29. The average molecular weight is 559 g/mol. The lowest BCUT2D eigenvalue weighted by Crippen LogP contribution is -2.32. The Hall–Kier alpha value is -4.62. The smallest absolute Gasteiger partial charge is 0.412 e. The fourth-order valence-corrected chi connectivity index (χ4v) is 4.82. The number of rotatable bonds is 9. The van der Waals surface area contributed by atoms with Crippen molar-refractivity contribution in [3.63, 3.8) is 0 Å². The second kappa shape index (κ2) is 11.0. The van der Waals surface area contributed by atoms with Crippen molar-refractivity contribution < 1.29 is 46.1 Å². The third-order valence-electron chi connectivity index (χ3n) is 5.54. The van der Waals surface area contributed by atoms with Crippen molar-refractivity contribution in [2.24, 2.45) is 5.73 Å². The maximum Gasteiger partial charge on any atom is 0.412 e. The van der Waals surface area contributed by atoms with E-state index in [1.54, 1.807) is 6.07 Å². The van der Waals surface area contributed by atoms with Gasteiger partial charge in [0.15, 0.2) is 11.6 Å². The number of hydrogen-bond donors (Lipinski definition) is 2. The summed E-state index contributed by atoms with van der Waals surface area (Å²) in [7, 11) is -2.55. The van der Waals surface area contributed by atoms with E-state index in [-0.39, 0.29) is 51.8 Å². The number of halogens is 1.